The van der Waals surface area contributed by atoms with E-state index in [1.165, 1.54) is 0 Å². The van der Waals surface area contributed by atoms with Crippen molar-refractivity contribution >= 4 is 24.0 Å². The topological polar surface area (TPSA) is 0 Å². The van der Waals surface area contributed by atoms with Crippen LogP contribution in [-0.2, 0) is 0 Å². The van der Waals surface area contributed by atoms with Crippen molar-refractivity contribution in [1.29, 1.82) is 0 Å². The van der Waals surface area contributed by atoms with E-state index in [0.29, 0.717) is 0 Å². The van der Waals surface area contributed by atoms with Gasteiger partial charge in [-0.3, -0.25) is 0 Å². The molecule has 0 aliphatic rings. The van der Waals surface area contributed by atoms with Crippen molar-refractivity contribution in [2.45, 2.75) is 25.7 Å². The first-order valence-electron chi connectivity index (χ1n) is 3.08. The Balaban J connectivity index is 0. The molecule has 0 fully saturated rings. The molecule has 0 amide bonds. The second-order valence-corrected chi connectivity index (χ2v) is 9.26. The summed E-state index contributed by atoms with van der Waals surface area (Å²) in [5.41, 5.74) is 0. The van der Waals surface area contributed by atoms with Gasteiger partial charge in [0, 0.05) is 6.04 Å². The molecule has 0 rings (SSSR count). The largest absolute Gasteiger partial charge is 1.00 e. The molecule has 0 nitrogen and oxygen atoms in total. The lowest BCUT2D eigenvalue weighted by Gasteiger charge is -2.09. The van der Waals surface area contributed by atoms with Crippen molar-refractivity contribution in [2.75, 3.05) is 5.33 Å². The molecule has 0 heterocycles. The Bertz CT molecular complexity index is 127. The van der Waals surface area contributed by atoms with Gasteiger partial charge in [0.25, 0.3) is 0 Å². The Morgan fingerprint density at radius 1 is 1.20 bits per heavy atom. The molecule has 3 heteroatoms. The molecule has 0 aliphatic carbocycles. The molecule has 0 aromatic rings. The van der Waals surface area contributed by atoms with E-state index >= 15 is 0 Å². The average Bonchev–Trinajstić information content (AvgIpc) is 1.63. The van der Waals surface area contributed by atoms with Crippen LogP contribution in [0.5, 0.6) is 0 Å². The van der Waals surface area contributed by atoms with E-state index in [0.717, 1.165) is 11.4 Å². The molecular weight excluding hydrogens is 272 g/mol. The minimum atomic E-state index is -0.889. The highest BCUT2D eigenvalue weighted by Gasteiger charge is 2.09. The Kier molecular flexibility index (Phi) is 8.60. The molecule has 0 aromatic heterocycles. The summed E-state index contributed by atoms with van der Waals surface area (Å²) in [6, 6.07) is 1.12. The van der Waals surface area contributed by atoms with Crippen molar-refractivity contribution < 1.29 is 17.0 Å². The fraction of sp³-hybridized carbons (Fsp3) is 0.714. The van der Waals surface area contributed by atoms with E-state index in [1.54, 1.807) is 0 Å². The minimum absolute atomic E-state index is 0. The second-order valence-electron chi connectivity index (χ2n) is 3.22. The zero-order chi connectivity index (χ0) is 7.33. The minimum Gasteiger partial charge on any atom is -1.00 e. The van der Waals surface area contributed by atoms with Gasteiger partial charge in [0.15, 0.2) is 0 Å². The number of hydrogen-bond acceptors (Lipinski definition) is 0. The molecule has 0 atom stereocenters. The van der Waals surface area contributed by atoms with Crippen molar-refractivity contribution in [3.8, 4) is 11.8 Å². The Morgan fingerprint density at radius 3 is 2.00 bits per heavy atom. The SMILES string of the molecule is C[Si](C)(C)CC#CCBr.[Br-]. The van der Waals surface area contributed by atoms with Crippen LogP contribution in [0.3, 0.4) is 0 Å². The maximum atomic E-state index is 3.26. The van der Waals surface area contributed by atoms with E-state index in [2.05, 4.69) is 47.4 Å². The smallest absolute Gasteiger partial charge is 0.0645 e. The molecule has 0 radical (unpaired) electrons. The highest BCUT2D eigenvalue weighted by molar-refractivity contribution is 9.09. The van der Waals surface area contributed by atoms with E-state index in [9.17, 15) is 0 Å². The van der Waals surface area contributed by atoms with Crippen molar-refractivity contribution in [1.82, 2.24) is 0 Å². The van der Waals surface area contributed by atoms with Gasteiger partial charge < -0.3 is 17.0 Å². The molecular formula is C7H13Br2Si-. The predicted molar refractivity (Wildman–Crippen MR) is 49.7 cm³/mol. The third-order valence-electron chi connectivity index (χ3n) is 0.811. The molecule has 0 unspecified atom stereocenters. The third kappa shape index (κ3) is 11.5. The Hall–Kier alpha value is 0.737. The lowest BCUT2D eigenvalue weighted by Crippen LogP contribution is -3.00. The summed E-state index contributed by atoms with van der Waals surface area (Å²) in [6.45, 7) is 6.99. The van der Waals surface area contributed by atoms with Gasteiger partial charge in [-0.1, -0.05) is 41.5 Å². The second kappa shape index (κ2) is 6.45. The number of alkyl halides is 1. The summed E-state index contributed by atoms with van der Waals surface area (Å²) in [5, 5.41) is 0.817. The zero-order valence-electron chi connectivity index (χ0n) is 6.67. The van der Waals surface area contributed by atoms with Crippen molar-refractivity contribution in [3.63, 3.8) is 0 Å². The van der Waals surface area contributed by atoms with Crippen LogP contribution >= 0.6 is 15.9 Å². The summed E-state index contributed by atoms with van der Waals surface area (Å²) in [4.78, 5) is 0. The highest BCUT2D eigenvalue weighted by Crippen LogP contribution is 2.05. The van der Waals surface area contributed by atoms with Gasteiger partial charge in [0.2, 0.25) is 0 Å². The van der Waals surface area contributed by atoms with Crippen LogP contribution in [0.4, 0.5) is 0 Å². The lowest BCUT2D eigenvalue weighted by atomic mass is 10.7. The molecule has 0 N–H and O–H groups in total. The molecule has 0 aromatic carbocycles. The van der Waals surface area contributed by atoms with Crippen LogP contribution in [0.2, 0.25) is 25.7 Å². The first-order chi connectivity index (χ1) is 4.06. The van der Waals surface area contributed by atoms with Crippen LogP contribution < -0.4 is 17.0 Å². The Labute approximate surface area is 83.7 Å². The van der Waals surface area contributed by atoms with Gasteiger partial charge in [-0.2, -0.15) is 0 Å². The summed E-state index contributed by atoms with van der Waals surface area (Å²) in [5.74, 6) is 6.15. The quantitative estimate of drug-likeness (QED) is 0.353. The van der Waals surface area contributed by atoms with E-state index < -0.39 is 8.07 Å². The van der Waals surface area contributed by atoms with E-state index in [4.69, 9.17) is 0 Å². The van der Waals surface area contributed by atoms with Crippen molar-refractivity contribution in [2.24, 2.45) is 0 Å². The Morgan fingerprint density at radius 2 is 1.70 bits per heavy atom. The fourth-order valence-corrected chi connectivity index (χ4v) is 1.23. The number of hydrogen-bond donors (Lipinski definition) is 0. The molecule has 0 bridgehead atoms. The molecule has 10 heavy (non-hydrogen) atoms. The normalized spacial score (nSPS) is 9.20. The first kappa shape index (κ1) is 13.3. The lowest BCUT2D eigenvalue weighted by molar-refractivity contribution is -0.00000214. The zero-order valence-corrected chi connectivity index (χ0v) is 10.8. The maximum absolute atomic E-state index is 3.26. The standard InChI is InChI=1S/C7H13BrSi.BrH/c1-9(2,3)7-5-4-6-8;/h6-7H2,1-3H3;1H/p-1. The average molecular weight is 285 g/mol. The predicted octanol–water partition coefficient (Wildman–Crippen LogP) is -0.273. The number of halogens is 2. The van der Waals surface area contributed by atoms with Crippen LogP contribution in [0.15, 0.2) is 0 Å². The molecule has 60 valence electrons. The van der Waals surface area contributed by atoms with Gasteiger partial charge in [-0.05, 0) is 0 Å². The van der Waals surface area contributed by atoms with E-state index in [-0.39, 0.29) is 17.0 Å². The molecule has 0 saturated heterocycles. The van der Waals surface area contributed by atoms with Crippen LogP contribution in [0, 0.1) is 11.8 Å². The van der Waals surface area contributed by atoms with Gasteiger partial charge >= 0.3 is 0 Å². The third-order valence-corrected chi connectivity index (χ3v) is 2.33. The molecule has 0 aliphatic heterocycles. The van der Waals surface area contributed by atoms with Gasteiger partial charge in [0.05, 0.1) is 13.4 Å². The summed E-state index contributed by atoms with van der Waals surface area (Å²) >= 11 is 3.26. The fourth-order valence-electron chi connectivity index (χ4n) is 0.375. The van der Waals surface area contributed by atoms with Gasteiger partial charge in [0.1, 0.15) is 0 Å². The molecule has 0 saturated carbocycles. The monoisotopic (exact) mass is 283 g/mol. The van der Waals surface area contributed by atoms with Gasteiger partial charge in [-0.25, -0.2) is 0 Å². The first-order valence-corrected chi connectivity index (χ1v) is 7.91. The van der Waals surface area contributed by atoms with Gasteiger partial charge in [-0.15, -0.1) is 5.92 Å². The number of rotatable bonds is 1. The van der Waals surface area contributed by atoms with Crippen LogP contribution in [-0.4, -0.2) is 13.4 Å². The molecule has 0 spiro atoms. The summed E-state index contributed by atoms with van der Waals surface area (Å²) in [7, 11) is -0.889. The van der Waals surface area contributed by atoms with Crippen LogP contribution in [0.25, 0.3) is 0 Å². The maximum Gasteiger partial charge on any atom is 0.0645 e. The van der Waals surface area contributed by atoms with E-state index in [1.807, 2.05) is 0 Å². The summed E-state index contributed by atoms with van der Waals surface area (Å²) in [6.07, 6.45) is 0. The van der Waals surface area contributed by atoms with Crippen LogP contribution in [0.1, 0.15) is 0 Å². The summed E-state index contributed by atoms with van der Waals surface area (Å²) < 4.78 is 0. The highest BCUT2D eigenvalue weighted by atomic mass is 79.9. The van der Waals surface area contributed by atoms with Crippen molar-refractivity contribution in [3.05, 3.63) is 0 Å².